The van der Waals surface area contributed by atoms with E-state index in [-0.39, 0.29) is 34.6 Å². The second-order valence-electron chi connectivity index (χ2n) is 5.91. The Labute approximate surface area is 180 Å². The van der Waals surface area contributed by atoms with E-state index < -0.39 is 0 Å². The summed E-state index contributed by atoms with van der Waals surface area (Å²) in [6.07, 6.45) is 3.81. The molecule has 0 bridgehead atoms. The van der Waals surface area contributed by atoms with Gasteiger partial charge < -0.3 is 10.6 Å². The van der Waals surface area contributed by atoms with Crippen molar-refractivity contribution in [2.45, 2.75) is 32.6 Å². The Morgan fingerprint density at radius 3 is 2.48 bits per heavy atom. The van der Waals surface area contributed by atoms with Gasteiger partial charge in [0, 0.05) is 44.1 Å². The number of nitro benzene ring substituents is 1. The molecule has 2 aromatic rings. The Bertz CT molecular complexity index is 734. The number of nitro groups is 1. The van der Waals surface area contributed by atoms with Crippen molar-refractivity contribution in [3.63, 3.8) is 0 Å². The third-order valence-electron chi connectivity index (χ3n) is 3.90. The number of guanidine groups is 1. The van der Waals surface area contributed by atoms with E-state index >= 15 is 0 Å². The summed E-state index contributed by atoms with van der Waals surface area (Å²) in [5.74, 6) is 0.798. The maximum Gasteiger partial charge on any atom is 0.269 e. The van der Waals surface area contributed by atoms with Gasteiger partial charge in [-0.3, -0.25) is 15.1 Å². The van der Waals surface area contributed by atoms with Crippen LogP contribution in [-0.2, 0) is 12.8 Å². The molecule has 0 radical (unpaired) electrons. The lowest BCUT2D eigenvalue weighted by molar-refractivity contribution is -0.384. The van der Waals surface area contributed by atoms with Crippen molar-refractivity contribution < 1.29 is 4.92 Å². The van der Waals surface area contributed by atoms with Gasteiger partial charge in [-0.1, -0.05) is 12.1 Å². The van der Waals surface area contributed by atoms with Crippen LogP contribution in [0.2, 0.25) is 0 Å². The summed E-state index contributed by atoms with van der Waals surface area (Å²) in [5, 5.41) is 20.4. The highest BCUT2D eigenvalue weighted by atomic mass is 127. The first-order valence-electron chi connectivity index (χ1n) is 8.67. The quantitative estimate of drug-likeness (QED) is 0.136. The molecule has 0 aliphatic rings. The Morgan fingerprint density at radius 2 is 1.89 bits per heavy atom. The molecular formula is C18H26IN5O2S. The van der Waals surface area contributed by atoms with Crippen LogP contribution in [0.15, 0.2) is 34.6 Å². The van der Waals surface area contributed by atoms with Crippen molar-refractivity contribution in [2.24, 2.45) is 4.99 Å². The summed E-state index contributed by atoms with van der Waals surface area (Å²) in [7, 11) is 1.76. The number of aromatic nitrogens is 1. The van der Waals surface area contributed by atoms with Gasteiger partial charge in [0.25, 0.3) is 5.69 Å². The lowest BCUT2D eigenvalue weighted by Crippen LogP contribution is -2.38. The number of benzene rings is 1. The molecular weight excluding hydrogens is 477 g/mol. The number of aryl methyl sites for hydroxylation is 2. The average molecular weight is 503 g/mol. The van der Waals surface area contributed by atoms with Crippen LogP contribution in [0.3, 0.4) is 0 Å². The number of halogens is 1. The van der Waals surface area contributed by atoms with Crippen LogP contribution in [0.25, 0.3) is 0 Å². The molecule has 0 saturated carbocycles. The van der Waals surface area contributed by atoms with Crippen molar-refractivity contribution in [2.75, 3.05) is 20.1 Å². The number of hydrogen-bond donors (Lipinski definition) is 2. The molecule has 1 heterocycles. The van der Waals surface area contributed by atoms with Crippen LogP contribution < -0.4 is 10.6 Å². The van der Waals surface area contributed by atoms with Crippen LogP contribution in [0, 0.1) is 17.0 Å². The summed E-state index contributed by atoms with van der Waals surface area (Å²) in [5.41, 5.74) is 2.37. The zero-order chi connectivity index (χ0) is 18.8. The summed E-state index contributed by atoms with van der Waals surface area (Å²) in [6.45, 7) is 3.65. The first-order valence-corrected chi connectivity index (χ1v) is 9.55. The average Bonchev–Trinajstić information content (AvgIpc) is 3.05. The number of nitrogens with zero attached hydrogens (tertiary/aromatic N) is 3. The van der Waals surface area contributed by atoms with Gasteiger partial charge in [0.1, 0.15) is 0 Å². The van der Waals surface area contributed by atoms with E-state index in [9.17, 15) is 10.1 Å². The van der Waals surface area contributed by atoms with E-state index in [1.165, 1.54) is 0 Å². The molecule has 9 heteroatoms. The molecule has 7 nitrogen and oxygen atoms in total. The standard InChI is InChI=1S/C18H25N5O2S.HI/c1-14-22-16(13-26-14)10-12-21-18(19-2)20-11-4-3-5-15-6-8-17(9-7-15)23(24)25;/h6-9,13H,3-5,10-12H2,1-2H3,(H2,19,20,21);1H. The monoisotopic (exact) mass is 503 g/mol. The number of hydrogen-bond acceptors (Lipinski definition) is 5. The first kappa shape index (κ1) is 23.3. The molecule has 0 spiro atoms. The van der Waals surface area contributed by atoms with E-state index in [0.717, 1.165) is 61.0 Å². The van der Waals surface area contributed by atoms with Crippen molar-refractivity contribution >= 4 is 47.0 Å². The fourth-order valence-corrected chi connectivity index (χ4v) is 3.15. The molecule has 2 rings (SSSR count). The van der Waals surface area contributed by atoms with Crippen LogP contribution in [0.5, 0.6) is 0 Å². The maximum absolute atomic E-state index is 10.6. The summed E-state index contributed by atoms with van der Waals surface area (Å²) < 4.78 is 0. The molecule has 2 N–H and O–H groups in total. The number of unbranched alkanes of at least 4 members (excludes halogenated alkanes) is 1. The largest absolute Gasteiger partial charge is 0.356 e. The lowest BCUT2D eigenvalue weighted by atomic mass is 10.1. The van der Waals surface area contributed by atoms with E-state index in [0.29, 0.717) is 0 Å². The lowest BCUT2D eigenvalue weighted by Gasteiger charge is -2.11. The van der Waals surface area contributed by atoms with E-state index in [1.54, 1.807) is 30.5 Å². The molecule has 1 aromatic carbocycles. The maximum atomic E-state index is 10.6. The molecule has 0 aliphatic carbocycles. The topological polar surface area (TPSA) is 92.5 Å². The number of non-ortho nitro benzene ring substituents is 1. The van der Waals surface area contributed by atoms with Gasteiger partial charge in [-0.15, -0.1) is 35.3 Å². The number of rotatable bonds is 9. The normalized spacial score (nSPS) is 11.0. The summed E-state index contributed by atoms with van der Waals surface area (Å²) in [6, 6.07) is 6.77. The van der Waals surface area contributed by atoms with Gasteiger partial charge in [0.2, 0.25) is 0 Å². The molecule has 0 saturated heterocycles. The predicted octanol–water partition coefficient (Wildman–Crippen LogP) is 3.71. The second kappa shape index (κ2) is 12.6. The number of nitrogens with one attached hydrogen (secondary N) is 2. The molecule has 0 aliphatic heterocycles. The van der Waals surface area contributed by atoms with Crippen LogP contribution in [-0.4, -0.2) is 36.0 Å². The van der Waals surface area contributed by atoms with Gasteiger partial charge in [-0.25, -0.2) is 4.98 Å². The predicted molar refractivity (Wildman–Crippen MR) is 121 cm³/mol. The van der Waals surface area contributed by atoms with Gasteiger partial charge >= 0.3 is 0 Å². The Morgan fingerprint density at radius 1 is 1.19 bits per heavy atom. The van der Waals surface area contributed by atoms with Gasteiger partial charge in [0.15, 0.2) is 5.96 Å². The van der Waals surface area contributed by atoms with Gasteiger partial charge in [-0.05, 0) is 31.7 Å². The molecule has 27 heavy (non-hydrogen) atoms. The van der Waals surface area contributed by atoms with Crippen molar-refractivity contribution in [3.05, 3.63) is 56.0 Å². The highest BCUT2D eigenvalue weighted by Crippen LogP contribution is 2.13. The third kappa shape index (κ3) is 8.65. The van der Waals surface area contributed by atoms with E-state index in [1.807, 2.05) is 19.1 Å². The van der Waals surface area contributed by atoms with E-state index in [4.69, 9.17) is 0 Å². The minimum atomic E-state index is -0.373. The van der Waals surface area contributed by atoms with Gasteiger partial charge in [-0.2, -0.15) is 0 Å². The third-order valence-corrected chi connectivity index (χ3v) is 4.72. The Balaban J connectivity index is 0.00000364. The van der Waals surface area contributed by atoms with Crippen molar-refractivity contribution in [1.82, 2.24) is 15.6 Å². The highest BCUT2D eigenvalue weighted by molar-refractivity contribution is 14.0. The fraction of sp³-hybridized carbons (Fsp3) is 0.444. The molecule has 0 atom stereocenters. The molecule has 0 unspecified atom stereocenters. The summed E-state index contributed by atoms with van der Waals surface area (Å²) >= 11 is 1.67. The molecule has 0 fully saturated rings. The Kier molecular flexibility index (Phi) is 10.9. The van der Waals surface area contributed by atoms with E-state index in [2.05, 4.69) is 26.0 Å². The molecule has 148 valence electrons. The fourth-order valence-electron chi connectivity index (χ4n) is 2.50. The first-order chi connectivity index (χ1) is 12.6. The zero-order valence-electron chi connectivity index (χ0n) is 15.6. The second-order valence-corrected chi connectivity index (χ2v) is 6.98. The SMILES string of the molecule is CN=C(NCCCCc1ccc([N+](=O)[O-])cc1)NCCc1csc(C)n1.I. The van der Waals surface area contributed by atoms with Crippen LogP contribution >= 0.6 is 35.3 Å². The smallest absolute Gasteiger partial charge is 0.269 e. The Hall–Kier alpha value is -1.75. The van der Waals surface area contributed by atoms with Crippen molar-refractivity contribution in [3.8, 4) is 0 Å². The summed E-state index contributed by atoms with van der Waals surface area (Å²) in [4.78, 5) is 18.9. The van der Waals surface area contributed by atoms with Gasteiger partial charge in [0.05, 0.1) is 15.6 Å². The van der Waals surface area contributed by atoms with Crippen LogP contribution in [0.1, 0.15) is 29.1 Å². The zero-order valence-corrected chi connectivity index (χ0v) is 18.8. The minimum absolute atomic E-state index is 0. The molecule has 0 amide bonds. The van der Waals surface area contributed by atoms with Crippen molar-refractivity contribution in [1.29, 1.82) is 0 Å². The molecule has 1 aromatic heterocycles. The number of aliphatic imine (C=N–C) groups is 1. The van der Waals surface area contributed by atoms with Crippen LogP contribution in [0.4, 0.5) is 5.69 Å². The number of thiazole rings is 1. The minimum Gasteiger partial charge on any atom is -0.356 e. The highest BCUT2D eigenvalue weighted by Gasteiger charge is 2.04.